The minimum atomic E-state index is -0.670. The summed E-state index contributed by atoms with van der Waals surface area (Å²) in [5.41, 5.74) is 21.7. The topological polar surface area (TPSA) is 279 Å². The second-order valence-electron chi connectivity index (χ2n) is 15.9. The van der Waals surface area contributed by atoms with Crippen molar-refractivity contribution in [3.63, 3.8) is 0 Å². The van der Waals surface area contributed by atoms with E-state index in [9.17, 15) is 19.2 Å². The number of amides is 4. The smallest absolute Gasteiger partial charge is 0.278 e. The summed E-state index contributed by atoms with van der Waals surface area (Å²) in [6, 6.07) is 6.37. The van der Waals surface area contributed by atoms with Crippen LogP contribution >= 0.6 is 0 Å². The number of anilines is 3. The molecule has 9 N–H and O–H groups in total. The van der Waals surface area contributed by atoms with Crippen LogP contribution in [0.3, 0.4) is 0 Å². The third kappa shape index (κ3) is 8.56. The predicted molar refractivity (Wildman–Crippen MR) is 235 cm³/mol. The number of primary amides is 2. The van der Waals surface area contributed by atoms with E-state index >= 15 is 0 Å². The van der Waals surface area contributed by atoms with Crippen LogP contribution in [0.4, 0.5) is 17.6 Å². The molecule has 1 aromatic carbocycles. The van der Waals surface area contributed by atoms with Crippen LogP contribution in [0.5, 0.6) is 5.75 Å². The Kier molecular flexibility index (Phi) is 12.0. The van der Waals surface area contributed by atoms with Crippen molar-refractivity contribution >= 4 is 63.4 Å². The molecule has 21 nitrogen and oxygen atoms in total. The van der Waals surface area contributed by atoms with Crippen molar-refractivity contribution in [2.75, 3.05) is 55.7 Å². The van der Waals surface area contributed by atoms with Crippen molar-refractivity contribution < 1.29 is 23.9 Å². The van der Waals surface area contributed by atoms with Crippen molar-refractivity contribution in [2.45, 2.75) is 60.3 Å². The first-order valence-electron chi connectivity index (χ1n) is 21.0. The van der Waals surface area contributed by atoms with Crippen molar-refractivity contribution in [3.05, 3.63) is 76.5 Å². The Morgan fingerprint density at radius 1 is 0.841 bits per heavy atom. The number of ether oxygens (including phenoxy) is 1. The van der Waals surface area contributed by atoms with Gasteiger partial charge < -0.3 is 36.7 Å². The molecule has 330 valence electrons. The molecule has 5 aromatic heterocycles. The second kappa shape index (κ2) is 17.7. The molecule has 2 aliphatic heterocycles. The lowest BCUT2D eigenvalue weighted by molar-refractivity contribution is 0.0991. The van der Waals surface area contributed by atoms with Crippen LogP contribution in [0.15, 0.2) is 42.6 Å². The standard InChI is InChI=1S/C42H52N16O5/c1-5-57-31(14-23(3)52-57)39(61)50-42-49-30-16-26(37(45)60)20-47-38(30)56(42)12-8-7-11-55-34-29(48-41(55)51-40(62)35-33(43)24(4)53-58(35)6-2)15-25(36(44)59)17-32(34)63-13-9-10-54-21-27-18-46-19-28(27)22-54/h7-8,14-17,20,27-28,46H,5-6,9-13,18-19,21-22,43H2,1-4H3,(H2,44,59)(H2,45,60)(H,48,51,62)(H,49,50,61)/b8-7+/t27-,28+. The summed E-state index contributed by atoms with van der Waals surface area (Å²) in [4.78, 5) is 68.5. The van der Waals surface area contributed by atoms with E-state index in [0.717, 1.165) is 39.1 Å². The van der Waals surface area contributed by atoms with E-state index in [0.29, 0.717) is 76.6 Å². The van der Waals surface area contributed by atoms with Gasteiger partial charge in [-0.15, -0.1) is 0 Å². The minimum Gasteiger partial charge on any atom is -0.491 e. The molecule has 0 saturated carbocycles. The zero-order valence-electron chi connectivity index (χ0n) is 35.7. The second-order valence-corrected chi connectivity index (χ2v) is 15.9. The third-order valence-electron chi connectivity index (χ3n) is 11.6. The number of nitrogens with one attached hydrogen (secondary N) is 3. The monoisotopic (exact) mass is 860 g/mol. The molecule has 0 radical (unpaired) electrons. The fraction of sp³-hybridized carbons (Fsp3) is 0.405. The van der Waals surface area contributed by atoms with Crippen LogP contribution in [0, 0.1) is 25.7 Å². The highest BCUT2D eigenvalue weighted by Crippen LogP contribution is 2.32. The van der Waals surface area contributed by atoms with E-state index < -0.39 is 23.6 Å². The number of rotatable bonds is 17. The van der Waals surface area contributed by atoms with Crippen molar-refractivity contribution in [1.29, 1.82) is 0 Å². The summed E-state index contributed by atoms with van der Waals surface area (Å²) in [5.74, 6) is -0.212. The molecule has 0 spiro atoms. The number of imidazole rings is 2. The Balaban J connectivity index is 1.11. The molecule has 2 fully saturated rings. The van der Waals surface area contributed by atoms with Gasteiger partial charge in [-0.25, -0.2) is 15.0 Å². The zero-order valence-corrected chi connectivity index (χ0v) is 35.7. The number of aromatic nitrogens is 9. The first-order valence-corrected chi connectivity index (χ1v) is 21.0. The summed E-state index contributed by atoms with van der Waals surface area (Å²) < 4.78 is 13.0. The number of pyridine rings is 1. The molecule has 2 atom stereocenters. The molecular formula is C42H52N16O5. The average molecular weight is 861 g/mol. The van der Waals surface area contributed by atoms with Crippen LogP contribution in [0.1, 0.15) is 73.3 Å². The predicted octanol–water partition coefficient (Wildman–Crippen LogP) is 2.29. The summed E-state index contributed by atoms with van der Waals surface area (Å²) in [6.45, 7) is 13.9. The number of nitrogens with zero attached hydrogens (tertiary/aromatic N) is 10. The molecule has 2 saturated heterocycles. The number of aryl methyl sites for hydroxylation is 4. The van der Waals surface area contributed by atoms with Gasteiger partial charge in [-0.2, -0.15) is 10.2 Å². The van der Waals surface area contributed by atoms with Crippen LogP contribution in [0.2, 0.25) is 0 Å². The minimum absolute atomic E-state index is 0.160. The Labute approximate surface area is 362 Å². The van der Waals surface area contributed by atoms with Gasteiger partial charge in [-0.05, 0) is 83.3 Å². The number of carbonyl (C=O) groups is 4. The Morgan fingerprint density at radius 2 is 1.49 bits per heavy atom. The van der Waals surface area contributed by atoms with E-state index in [-0.39, 0.29) is 47.5 Å². The number of fused-ring (bicyclic) bond motifs is 3. The van der Waals surface area contributed by atoms with Gasteiger partial charge >= 0.3 is 0 Å². The van der Waals surface area contributed by atoms with E-state index in [4.69, 9.17) is 26.9 Å². The van der Waals surface area contributed by atoms with Gasteiger partial charge in [0.05, 0.1) is 34.8 Å². The van der Waals surface area contributed by atoms with Crippen LogP contribution in [-0.2, 0) is 26.2 Å². The van der Waals surface area contributed by atoms with Gasteiger partial charge in [0.25, 0.3) is 11.8 Å². The maximum absolute atomic E-state index is 13.9. The van der Waals surface area contributed by atoms with Gasteiger partial charge in [-0.3, -0.25) is 43.7 Å². The highest BCUT2D eigenvalue weighted by molar-refractivity contribution is 6.07. The number of nitrogen functional groups attached to an aromatic ring is 1. The van der Waals surface area contributed by atoms with E-state index in [2.05, 4.69) is 41.0 Å². The van der Waals surface area contributed by atoms with Gasteiger partial charge in [0.2, 0.25) is 23.7 Å². The van der Waals surface area contributed by atoms with Gasteiger partial charge in [0.1, 0.15) is 28.2 Å². The number of hydrogen-bond donors (Lipinski definition) is 6. The normalized spacial score (nSPS) is 16.4. The van der Waals surface area contributed by atoms with Crippen LogP contribution in [0.25, 0.3) is 22.2 Å². The maximum atomic E-state index is 13.9. The molecule has 0 aliphatic carbocycles. The summed E-state index contributed by atoms with van der Waals surface area (Å²) >= 11 is 0. The lowest BCUT2D eigenvalue weighted by Gasteiger charge is -2.17. The number of allylic oxidation sites excluding steroid dienone is 2. The lowest BCUT2D eigenvalue weighted by atomic mass is 10.0. The van der Waals surface area contributed by atoms with Gasteiger partial charge in [0, 0.05) is 57.6 Å². The molecule has 6 aromatic rings. The van der Waals surface area contributed by atoms with Gasteiger partial charge in [-0.1, -0.05) is 12.2 Å². The first-order chi connectivity index (χ1) is 30.3. The summed E-state index contributed by atoms with van der Waals surface area (Å²) in [5, 5.41) is 18.1. The lowest BCUT2D eigenvalue weighted by Crippen LogP contribution is -2.27. The Bertz CT molecular complexity index is 2770. The highest BCUT2D eigenvalue weighted by Gasteiger charge is 2.35. The molecule has 2 aliphatic rings. The molecule has 0 unspecified atom stereocenters. The van der Waals surface area contributed by atoms with E-state index in [1.807, 2.05) is 26.0 Å². The number of hydrogen-bond acceptors (Lipinski definition) is 13. The van der Waals surface area contributed by atoms with Crippen molar-refractivity contribution in [1.82, 2.24) is 53.9 Å². The SMILES string of the molecule is CCn1nc(C)cc1C(=O)Nc1nc2cc(C(N)=O)cnc2n1C/C=C/Cn1c(NC(=O)c2c(N)c(C)nn2CC)nc2cc(C(N)=O)cc(OCCCN3C[C@H]4CNC[C@H]4C3)c21. The summed E-state index contributed by atoms with van der Waals surface area (Å²) in [7, 11) is 0. The number of likely N-dealkylation sites (tertiary alicyclic amines) is 1. The molecule has 21 heteroatoms. The zero-order chi connectivity index (χ0) is 44.5. The summed E-state index contributed by atoms with van der Waals surface area (Å²) in [6.07, 6.45) is 5.79. The van der Waals surface area contributed by atoms with E-state index in [1.54, 1.807) is 45.9 Å². The average Bonchev–Trinajstić information content (AvgIpc) is 4.11. The van der Waals surface area contributed by atoms with Crippen LogP contribution in [-0.4, -0.2) is 112 Å². The van der Waals surface area contributed by atoms with E-state index in [1.165, 1.54) is 16.9 Å². The Morgan fingerprint density at radius 3 is 2.19 bits per heavy atom. The number of benzene rings is 1. The molecule has 8 rings (SSSR count). The number of carbonyl (C=O) groups excluding carboxylic acids is 4. The van der Waals surface area contributed by atoms with Crippen molar-refractivity contribution in [3.8, 4) is 5.75 Å². The molecule has 4 amide bonds. The molecule has 63 heavy (non-hydrogen) atoms. The molecule has 0 bridgehead atoms. The first kappa shape index (κ1) is 42.6. The Hall–Kier alpha value is -7.13. The molecular weight excluding hydrogens is 809 g/mol. The quantitative estimate of drug-likeness (QED) is 0.0568. The fourth-order valence-electron chi connectivity index (χ4n) is 8.49. The van der Waals surface area contributed by atoms with Crippen LogP contribution < -0.4 is 37.9 Å². The van der Waals surface area contributed by atoms with Crippen molar-refractivity contribution in [2.24, 2.45) is 23.3 Å². The largest absolute Gasteiger partial charge is 0.491 e. The number of nitrogens with two attached hydrogens (primary N) is 3. The molecule has 7 heterocycles. The third-order valence-corrected chi connectivity index (χ3v) is 11.6. The highest BCUT2D eigenvalue weighted by atomic mass is 16.5. The maximum Gasteiger partial charge on any atom is 0.278 e. The fourth-order valence-corrected chi connectivity index (χ4v) is 8.49. The van der Waals surface area contributed by atoms with Gasteiger partial charge in [0.15, 0.2) is 5.65 Å².